The van der Waals surface area contributed by atoms with Gasteiger partial charge in [0.05, 0.1) is 6.54 Å². The Labute approximate surface area is 111 Å². The molecule has 0 fully saturated rings. The van der Waals surface area contributed by atoms with E-state index in [1.54, 1.807) is 13.8 Å². The van der Waals surface area contributed by atoms with Gasteiger partial charge in [-0.1, -0.05) is 0 Å². The molecule has 19 heavy (non-hydrogen) atoms. The third-order valence-electron chi connectivity index (χ3n) is 2.99. The van der Waals surface area contributed by atoms with Crippen molar-refractivity contribution in [2.75, 3.05) is 27.3 Å². The highest BCUT2D eigenvalue weighted by Gasteiger charge is 2.34. The maximum Gasteiger partial charge on any atom is 0.257 e. The van der Waals surface area contributed by atoms with Crippen LogP contribution in [0.25, 0.3) is 0 Å². The fraction of sp³-hybridized carbons (Fsp3) is 0.583. The highest BCUT2D eigenvalue weighted by Crippen LogP contribution is 2.18. The van der Waals surface area contributed by atoms with E-state index in [0.29, 0.717) is 11.1 Å². The molecule has 0 saturated carbocycles. The van der Waals surface area contributed by atoms with Crippen LogP contribution >= 0.6 is 0 Å². The van der Waals surface area contributed by atoms with Crippen LogP contribution in [0, 0.1) is 0 Å². The Kier molecular flexibility index (Phi) is 5.20. The number of rotatable bonds is 6. The van der Waals surface area contributed by atoms with E-state index < -0.39 is 24.0 Å². The summed E-state index contributed by atoms with van der Waals surface area (Å²) < 4.78 is 9.81. The molecule has 0 aromatic rings. The second kappa shape index (κ2) is 6.44. The lowest BCUT2D eigenvalue weighted by molar-refractivity contribution is -0.142. The lowest BCUT2D eigenvalue weighted by Crippen LogP contribution is -2.43. The topological polar surface area (TPSA) is 84.9 Å². The van der Waals surface area contributed by atoms with Crippen molar-refractivity contribution in [2.24, 2.45) is 0 Å². The second-order valence-electron chi connectivity index (χ2n) is 4.15. The molecule has 1 heterocycles. The predicted molar refractivity (Wildman–Crippen MR) is 65.9 cm³/mol. The molecule has 1 N–H and O–H groups in total. The van der Waals surface area contributed by atoms with Crippen LogP contribution in [0.3, 0.4) is 0 Å². The van der Waals surface area contributed by atoms with Gasteiger partial charge in [0.15, 0.2) is 6.29 Å². The van der Waals surface area contributed by atoms with Gasteiger partial charge >= 0.3 is 0 Å². The van der Waals surface area contributed by atoms with Crippen LogP contribution in [-0.4, -0.2) is 56.2 Å². The minimum atomic E-state index is -0.560. The quantitative estimate of drug-likeness (QED) is 0.516. The first kappa shape index (κ1) is 15.3. The molecule has 1 aliphatic heterocycles. The molecule has 1 rings (SSSR count). The van der Waals surface area contributed by atoms with E-state index in [9.17, 15) is 14.4 Å². The molecule has 0 aromatic heterocycles. The third kappa shape index (κ3) is 3.39. The summed E-state index contributed by atoms with van der Waals surface area (Å²) in [5.41, 5.74) is 0.758. The van der Waals surface area contributed by atoms with Crippen LogP contribution in [0.15, 0.2) is 11.1 Å². The molecule has 106 valence electrons. The number of imide groups is 1. The number of ether oxygens (including phenoxy) is 2. The summed E-state index contributed by atoms with van der Waals surface area (Å²) in [6.07, 6.45) is -0.560. The first-order valence-electron chi connectivity index (χ1n) is 5.78. The Balaban J connectivity index is 2.51. The Morgan fingerprint density at radius 3 is 2.05 bits per heavy atom. The average molecular weight is 270 g/mol. The van der Waals surface area contributed by atoms with Gasteiger partial charge in [0.1, 0.15) is 6.54 Å². The molecule has 0 unspecified atom stereocenters. The summed E-state index contributed by atoms with van der Waals surface area (Å²) in [6, 6.07) is 0. The van der Waals surface area contributed by atoms with Crippen LogP contribution < -0.4 is 5.32 Å². The van der Waals surface area contributed by atoms with Crippen molar-refractivity contribution in [3.63, 3.8) is 0 Å². The third-order valence-corrected chi connectivity index (χ3v) is 2.99. The normalized spacial score (nSPS) is 15.7. The maximum atomic E-state index is 11.7. The monoisotopic (exact) mass is 270 g/mol. The van der Waals surface area contributed by atoms with E-state index in [0.717, 1.165) is 4.90 Å². The molecule has 3 amide bonds. The summed E-state index contributed by atoms with van der Waals surface area (Å²) in [6.45, 7) is 2.98. The van der Waals surface area contributed by atoms with Crippen molar-refractivity contribution >= 4 is 17.7 Å². The molecule has 7 heteroatoms. The van der Waals surface area contributed by atoms with Crippen LogP contribution in [-0.2, 0) is 23.9 Å². The number of nitrogens with zero attached hydrogens (tertiary/aromatic N) is 1. The number of methoxy groups -OCH3 is 2. The van der Waals surface area contributed by atoms with Gasteiger partial charge < -0.3 is 14.8 Å². The van der Waals surface area contributed by atoms with Gasteiger partial charge in [0.2, 0.25) is 5.91 Å². The summed E-state index contributed by atoms with van der Waals surface area (Å²) in [7, 11) is 2.90. The van der Waals surface area contributed by atoms with E-state index in [2.05, 4.69) is 5.32 Å². The van der Waals surface area contributed by atoms with Crippen molar-refractivity contribution in [3.05, 3.63) is 11.1 Å². The number of hydrogen-bond acceptors (Lipinski definition) is 5. The zero-order valence-electron chi connectivity index (χ0n) is 11.5. The SMILES string of the molecule is COC(CNC(=O)CN1C(=O)C(C)=C(C)C1=O)OC. The van der Waals surface area contributed by atoms with Crippen molar-refractivity contribution in [2.45, 2.75) is 20.1 Å². The molecule has 7 nitrogen and oxygen atoms in total. The van der Waals surface area contributed by atoms with Gasteiger partial charge in [-0.3, -0.25) is 19.3 Å². The molecule has 0 aliphatic carbocycles. The molecule has 1 aliphatic rings. The molecular weight excluding hydrogens is 252 g/mol. The maximum absolute atomic E-state index is 11.7. The molecule has 0 atom stereocenters. The highest BCUT2D eigenvalue weighted by molar-refractivity contribution is 6.19. The summed E-state index contributed by atoms with van der Waals surface area (Å²) in [5, 5.41) is 2.53. The zero-order chi connectivity index (χ0) is 14.6. The number of hydrogen-bond donors (Lipinski definition) is 1. The fourth-order valence-corrected chi connectivity index (χ4v) is 1.62. The number of carbonyl (C=O) groups excluding carboxylic acids is 3. The minimum Gasteiger partial charge on any atom is -0.354 e. The average Bonchev–Trinajstić information content (AvgIpc) is 2.58. The molecule has 0 saturated heterocycles. The van der Waals surface area contributed by atoms with Gasteiger partial charge in [-0.25, -0.2) is 0 Å². The Hall–Kier alpha value is -1.73. The Bertz CT molecular complexity index is 402. The second-order valence-corrected chi connectivity index (χ2v) is 4.15. The van der Waals surface area contributed by atoms with Gasteiger partial charge in [-0.15, -0.1) is 0 Å². The van der Waals surface area contributed by atoms with E-state index in [1.165, 1.54) is 14.2 Å². The zero-order valence-corrected chi connectivity index (χ0v) is 11.5. The molecule has 0 aromatic carbocycles. The van der Waals surface area contributed by atoms with E-state index in [4.69, 9.17) is 9.47 Å². The number of amides is 3. The van der Waals surface area contributed by atoms with E-state index >= 15 is 0 Å². The van der Waals surface area contributed by atoms with Gasteiger partial charge in [0.25, 0.3) is 11.8 Å². The van der Waals surface area contributed by atoms with Crippen LogP contribution in [0.4, 0.5) is 0 Å². The molecule has 0 radical (unpaired) electrons. The lowest BCUT2D eigenvalue weighted by Gasteiger charge is -2.17. The largest absolute Gasteiger partial charge is 0.354 e. The van der Waals surface area contributed by atoms with Crippen molar-refractivity contribution in [3.8, 4) is 0 Å². The number of carbonyl (C=O) groups is 3. The standard InChI is InChI=1S/C12H18N2O5/c1-7-8(2)12(17)14(11(7)16)6-9(15)13-5-10(18-3)19-4/h10H,5-6H2,1-4H3,(H,13,15). The Morgan fingerprint density at radius 2 is 1.63 bits per heavy atom. The van der Waals surface area contributed by atoms with Crippen molar-refractivity contribution < 1.29 is 23.9 Å². The number of nitrogens with one attached hydrogen (secondary N) is 1. The fourth-order valence-electron chi connectivity index (χ4n) is 1.62. The lowest BCUT2D eigenvalue weighted by atomic mass is 10.2. The van der Waals surface area contributed by atoms with Gasteiger partial charge in [0, 0.05) is 25.4 Å². The summed E-state index contributed by atoms with van der Waals surface area (Å²) in [4.78, 5) is 36.0. The van der Waals surface area contributed by atoms with Gasteiger partial charge in [-0.05, 0) is 13.8 Å². The van der Waals surface area contributed by atoms with Crippen molar-refractivity contribution in [1.29, 1.82) is 0 Å². The molecule has 0 spiro atoms. The van der Waals surface area contributed by atoms with E-state index in [-0.39, 0.29) is 13.1 Å². The van der Waals surface area contributed by atoms with Crippen molar-refractivity contribution in [1.82, 2.24) is 10.2 Å². The van der Waals surface area contributed by atoms with Crippen LogP contribution in [0.5, 0.6) is 0 Å². The summed E-state index contributed by atoms with van der Waals surface area (Å²) >= 11 is 0. The minimum absolute atomic E-state index is 0.146. The van der Waals surface area contributed by atoms with Gasteiger partial charge in [-0.2, -0.15) is 0 Å². The highest BCUT2D eigenvalue weighted by atomic mass is 16.7. The first-order valence-corrected chi connectivity index (χ1v) is 5.78. The smallest absolute Gasteiger partial charge is 0.257 e. The Morgan fingerprint density at radius 1 is 1.16 bits per heavy atom. The van der Waals surface area contributed by atoms with E-state index in [1.807, 2.05) is 0 Å². The molecular formula is C12H18N2O5. The van der Waals surface area contributed by atoms with Crippen LogP contribution in [0.1, 0.15) is 13.8 Å². The first-order chi connectivity index (χ1) is 8.92. The summed E-state index contributed by atoms with van der Waals surface area (Å²) in [5.74, 6) is -1.29. The predicted octanol–water partition coefficient (Wildman–Crippen LogP) is -0.573. The molecule has 0 bridgehead atoms. The van der Waals surface area contributed by atoms with Crippen LogP contribution in [0.2, 0.25) is 0 Å².